The Labute approximate surface area is 131 Å². The molecule has 22 heavy (non-hydrogen) atoms. The van der Waals surface area contributed by atoms with Crippen molar-refractivity contribution in [2.75, 3.05) is 36.0 Å². The second kappa shape index (κ2) is 6.18. The molecule has 1 saturated heterocycles. The van der Waals surface area contributed by atoms with Crippen molar-refractivity contribution in [1.82, 2.24) is 0 Å². The Morgan fingerprint density at radius 3 is 1.95 bits per heavy atom. The molecule has 1 fully saturated rings. The summed E-state index contributed by atoms with van der Waals surface area (Å²) in [5, 5.41) is 19.2. The van der Waals surface area contributed by atoms with Crippen molar-refractivity contribution < 1.29 is 10.2 Å². The number of hydrogen-bond donors (Lipinski definition) is 2. The van der Waals surface area contributed by atoms with E-state index in [1.807, 2.05) is 18.2 Å². The fourth-order valence-corrected chi connectivity index (χ4v) is 2.94. The van der Waals surface area contributed by atoms with Crippen LogP contribution < -0.4 is 9.80 Å². The quantitative estimate of drug-likeness (QED) is 0.914. The van der Waals surface area contributed by atoms with Crippen LogP contribution in [0.25, 0.3) is 0 Å². The molecule has 0 spiro atoms. The number of hydrogen-bond acceptors (Lipinski definition) is 4. The van der Waals surface area contributed by atoms with Gasteiger partial charge in [-0.25, -0.2) is 0 Å². The summed E-state index contributed by atoms with van der Waals surface area (Å²) in [6.45, 7) is 5.87. The fraction of sp³-hybridized carbons (Fsp3) is 0.333. The molecule has 0 unspecified atom stereocenters. The number of benzene rings is 2. The van der Waals surface area contributed by atoms with Gasteiger partial charge < -0.3 is 20.0 Å². The predicted molar refractivity (Wildman–Crippen MR) is 90.0 cm³/mol. The number of aromatic hydroxyl groups is 2. The molecule has 0 saturated carbocycles. The number of aryl methyl sites for hydroxylation is 1. The fourth-order valence-electron chi connectivity index (χ4n) is 2.94. The van der Waals surface area contributed by atoms with Crippen LogP contribution in [0.15, 0.2) is 42.5 Å². The van der Waals surface area contributed by atoms with Gasteiger partial charge in [-0.05, 0) is 54.4 Å². The number of nitrogens with zero attached hydrogens (tertiary/aromatic N) is 2. The molecule has 0 aliphatic carbocycles. The monoisotopic (exact) mass is 298 g/mol. The number of phenols is 2. The van der Waals surface area contributed by atoms with E-state index in [1.165, 1.54) is 5.69 Å². The van der Waals surface area contributed by atoms with Gasteiger partial charge in [-0.2, -0.15) is 0 Å². The molecule has 116 valence electrons. The van der Waals surface area contributed by atoms with Crippen LogP contribution in [0.5, 0.6) is 11.5 Å². The third-order valence-corrected chi connectivity index (χ3v) is 4.30. The van der Waals surface area contributed by atoms with E-state index in [9.17, 15) is 10.2 Å². The van der Waals surface area contributed by atoms with Crippen LogP contribution in [0, 0.1) is 0 Å². The Hall–Kier alpha value is -2.36. The molecule has 4 nitrogen and oxygen atoms in total. The van der Waals surface area contributed by atoms with E-state index in [0.717, 1.165) is 43.9 Å². The first-order chi connectivity index (χ1) is 10.7. The maximum atomic E-state index is 9.80. The topological polar surface area (TPSA) is 46.9 Å². The van der Waals surface area contributed by atoms with Crippen molar-refractivity contribution in [3.05, 3.63) is 48.0 Å². The van der Waals surface area contributed by atoms with Crippen LogP contribution in [-0.2, 0) is 6.42 Å². The number of phenolic OH excluding ortho intramolecular Hbond substituents is 2. The minimum atomic E-state index is 0.304. The lowest BCUT2D eigenvalue weighted by Crippen LogP contribution is -2.46. The second-order valence-corrected chi connectivity index (χ2v) is 5.66. The van der Waals surface area contributed by atoms with Crippen LogP contribution in [0.1, 0.15) is 12.5 Å². The summed E-state index contributed by atoms with van der Waals surface area (Å²) in [5.41, 5.74) is 3.33. The van der Waals surface area contributed by atoms with Crippen LogP contribution in [0.4, 0.5) is 11.4 Å². The zero-order chi connectivity index (χ0) is 15.5. The summed E-state index contributed by atoms with van der Waals surface area (Å²) < 4.78 is 0. The van der Waals surface area contributed by atoms with E-state index in [4.69, 9.17) is 0 Å². The van der Waals surface area contributed by atoms with Gasteiger partial charge in [0.2, 0.25) is 0 Å². The lowest BCUT2D eigenvalue weighted by atomic mass is 10.1. The van der Waals surface area contributed by atoms with E-state index in [0.29, 0.717) is 11.5 Å². The van der Waals surface area contributed by atoms with Gasteiger partial charge in [0.1, 0.15) is 11.5 Å². The molecule has 0 atom stereocenters. The smallest absolute Gasteiger partial charge is 0.118 e. The minimum absolute atomic E-state index is 0.304. The summed E-state index contributed by atoms with van der Waals surface area (Å²) in [6.07, 6.45) is 0.840. The van der Waals surface area contributed by atoms with Gasteiger partial charge in [-0.1, -0.05) is 6.92 Å². The van der Waals surface area contributed by atoms with Crippen molar-refractivity contribution in [2.24, 2.45) is 0 Å². The number of rotatable bonds is 3. The average Bonchev–Trinajstić information content (AvgIpc) is 2.56. The average molecular weight is 298 g/mol. The van der Waals surface area contributed by atoms with Gasteiger partial charge in [0.25, 0.3) is 0 Å². The molecule has 1 aliphatic heterocycles. The third-order valence-electron chi connectivity index (χ3n) is 4.30. The van der Waals surface area contributed by atoms with E-state index in [-0.39, 0.29) is 0 Å². The van der Waals surface area contributed by atoms with Gasteiger partial charge in [-0.15, -0.1) is 0 Å². The molecule has 1 aliphatic rings. The lowest BCUT2D eigenvalue weighted by Gasteiger charge is -2.37. The lowest BCUT2D eigenvalue weighted by molar-refractivity contribution is 0.468. The molecule has 0 amide bonds. The molecule has 4 heteroatoms. The first-order valence-corrected chi connectivity index (χ1v) is 7.78. The van der Waals surface area contributed by atoms with Crippen molar-refractivity contribution in [3.63, 3.8) is 0 Å². The Balaban J connectivity index is 1.67. The maximum Gasteiger partial charge on any atom is 0.118 e. The summed E-state index contributed by atoms with van der Waals surface area (Å²) in [4.78, 5) is 4.69. The van der Waals surface area contributed by atoms with Crippen LogP contribution in [0.2, 0.25) is 0 Å². The molecule has 2 aromatic rings. The molecule has 0 bridgehead atoms. The van der Waals surface area contributed by atoms with Crippen LogP contribution >= 0.6 is 0 Å². The summed E-state index contributed by atoms with van der Waals surface area (Å²) in [5.74, 6) is 0.688. The van der Waals surface area contributed by atoms with Gasteiger partial charge in [0.05, 0.1) is 0 Å². The Bertz CT molecular complexity index is 632. The van der Waals surface area contributed by atoms with Crippen molar-refractivity contribution >= 4 is 11.4 Å². The molecule has 3 rings (SSSR count). The van der Waals surface area contributed by atoms with E-state index < -0.39 is 0 Å². The van der Waals surface area contributed by atoms with E-state index >= 15 is 0 Å². The highest BCUT2D eigenvalue weighted by Gasteiger charge is 2.18. The molecule has 1 heterocycles. The van der Waals surface area contributed by atoms with Crippen molar-refractivity contribution in [1.29, 1.82) is 0 Å². The van der Waals surface area contributed by atoms with Gasteiger partial charge in [-0.3, -0.25) is 0 Å². The normalized spacial score (nSPS) is 15.1. The second-order valence-electron chi connectivity index (χ2n) is 5.66. The first-order valence-electron chi connectivity index (χ1n) is 7.78. The van der Waals surface area contributed by atoms with Crippen LogP contribution in [0.3, 0.4) is 0 Å². The number of piperazine rings is 1. The maximum absolute atomic E-state index is 9.80. The first kappa shape index (κ1) is 14.6. The van der Waals surface area contributed by atoms with Gasteiger partial charge >= 0.3 is 0 Å². The van der Waals surface area contributed by atoms with E-state index in [1.54, 1.807) is 18.2 Å². The van der Waals surface area contributed by atoms with Crippen molar-refractivity contribution in [3.8, 4) is 11.5 Å². The molecule has 2 aromatic carbocycles. The standard InChI is InChI=1S/C18H22N2O2/c1-2-14-13-16(5-8-18(14)22)20-11-9-19(10-12-20)15-3-6-17(21)7-4-15/h3-8,13,21-22H,2,9-12H2,1H3. The summed E-state index contributed by atoms with van der Waals surface area (Å²) in [6, 6.07) is 13.3. The zero-order valence-corrected chi connectivity index (χ0v) is 12.9. The van der Waals surface area contributed by atoms with Gasteiger partial charge in [0, 0.05) is 37.6 Å². The Morgan fingerprint density at radius 2 is 1.36 bits per heavy atom. The highest BCUT2D eigenvalue weighted by Crippen LogP contribution is 2.26. The summed E-state index contributed by atoms with van der Waals surface area (Å²) >= 11 is 0. The van der Waals surface area contributed by atoms with Crippen molar-refractivity contribution in [2.45, 2.75) is 13.3 Å². The minimum Gasteiger partial charge on any atom is -0.508 e. The zero-order valence-electron chi connectivity index (χ0n) is 12.9. The SMILES string of the molecule is CCc1cc(N2CCN(c3ccc(O)cc3)CC2)ccc1O. The molecule has 2 N–H and O–H groups in total. The number of anilines is 2. The molecule has 0 radical (unpaired) electrons. The predicted octanol–water partition coefficient (Wildman–Crippen LogP) is 2.99. The molecule has 0 aromatic heterocycles. The van der Waals surface area contributed by atoms with Crippen LogP contribution in [-0.4, -0.2) is 36.4 Å². The largest absolute Gasteiger partial charge is 0.508 e. The Kier molecular flexibility index (Phi) is 4.09. The third kappa shape index (κ3) is 2.96. The molecular weight excluding hydrogens is 276 g/mol. The Morgan fingerprint density at radius 1 is 0.818 bits per heavy atom. The highest BCUT2D eigenvalue weighted by molar-refractivity contribution is 5.55. The summed E-state index contributed by atoms with van der Waals surface area (Å²) in [7, 11) is 0. The van der Waals surface area contributed by atoms with E-state index in [2.05, 4.69) is 22.8 Å². The molecular formula is C18H22N2O2. The highest BCUT2D eigenvalue weighted by atomic mass is 16.3. The van der Waals surface area contributed by atoms with Gasteiger partial charge in [0.15, 0.2) is 0 Å².